The minimum atomic E-state index is -0.179. The minimum Gasteiger partial charge on any atom is -0.338 e. The van der Waals surface area contributed by atoms with E-state index >= 15 is 0 Å². The zero-order chi connectivity index (χ0) is 14.4. The molecular weight excluding hydrogens is 272 g/mol. The molecule has 1 aromatic rings. The van der Waals surface area contributed by atoms with Crippen molar-refractivity contribution in [3.05, 3.63) is 40.4 Å². The van der Waals surface area contributed by atoms with Crippen LogP contribution in [-0.4, -0.2) is 12.6 Å². The molecule has 0 radical (unpaired) electrons. The second-order valence-corrected chi connectivity index (χ2v) is 5.61. The maximum atomic E-state index is 11.8. The van der Waals surface area contributed by atoms with Crippen LogP contribution in [0.2, 0.25) is 5.02 Å². The fraction of sp³-hybridized carbons (Fsp3) is 0.438. The number of rotatable bonds is 4. The summed E-state index contributed by atoms with van der Waals surface area (Å²) in [5.41, 5.74) is 3.19. The van der Waals surface area contributed by atoms with Crippen LogP contribution in [-0.2, 0) is 0 Å². The molecule has 0 spiro atoms. The molecule has 0 aliphatic heterocycles. The van der Waals surface area contributed by atoms with Crippen molar-refractivity contribution in [2.24, 2.45) is 0 Å². The van der Waals surface area contributed by atoms with Gasteiger partial charge in [0.15, 0.2) is 0 Å². The van der Waals surface area contributed by atoms with Gasteiger partial charge in [0.2, 0.25) is 0 Å². The Morgan fingerprint density at radius 3 is 2.90 bits per heavy atom. The zero-order valence-corrected chi connectivity index (χ0v) is 12.6. The fourth-order valence-electron chi connectivity index (χ4n) is 2.31. The van der Waals surface area contributed by atoms with Gasteiger partial charge in [-0.05, 0) is 56.7 Å². The number of aryl methyl sites for hydroxylation is 1. The maximum Gasteiger partial charge on any atom is 0.319 e. The molecule has 0 unspecified atom stereocenters. The SMILES string of the molecule is Cc1ccc(NC(=O)NCCC2=CCCCC2)cc1Cl. The van der Waals surface area contributed by atoms with Gasteiger partial charge in [0, 0.05) is 17.3 Å². The zero-order valence-electron chi connectivity index (χ0n) is 11.8. The summed E-state index contributed by atoms with van der Waals surface area (Å²) < 4.78 is 0. The molecule has 4 heteroatoms. The summed E-state index contributed by atoms with van der Waals surface area (Å²) in [6.07, 6.45) is 8.19. The number of halogens is 1. The number of amides is 2. The first-order valence-electron chi connectivity index (χ1n) is 7.14. The molecule has 0 atom stereocenters. The van der Waals surface area contributed by atoms with Crippen molar-refractivity contribution < 1.29 is 4.79 Å². The number of anilines is 1. The number of nitrogens with one attached hydrogen (secondary N) is 2. The van der Waals surface area contributed by atoms with Crippen molar-refractivity contribution >= 4 is 23.3 Å². The quantitative estimate of drug-likeness (QED) is 0.779. The van der Waals surface area contributed by atoms with Crippen LogP contribution in [0.5, 0.6) is 0 Å². The Labute approximate surface area is 125 Å². The van der Waals surface area contributed by atoms with Crippen molar-refractivity contribution in [3.8, 4) is 0 Å². The number of urea groups is 1. The van der Waals surface area contributed by atoms with E-state index in [1.807, 2.05) is 19.1 Å². The molecule has 0 heterocycles. The van der Waals surface area contributed by atoms with Crippen molar-refractivity contribution in [2.75, 3.05) is 11.9 Å². The molecule has 0 fully saturated rings. The first-order chi connectivity index (χ1) is 9.65. The van der Waals surface area contributed by atoms with E-state index in [2.05, 4.69) is 16.7 Å². The summed E-state index contributed by atoms with van der Waals surface area (Å²) >= 11 is 6.02. The Morgan fingerprint density at radius 2 is 2.20 bits per heavy atom. The molecule has 108 valence electrons. The van der Waals surface area contributed by atoms with Gasteiger partial charge in [0.1, 0.15) is 0 Å². The molecule has 2 rings (SSSR count). The van der Waals surface area contributed by atoms with Gasteiger partial charge in [-0.25, -0.2) is 4.79 Å². The van der Waals surface area contributed by atoms with Gasteiger partial charge in [-0.3, -0.25) is 0 Å². The number of carbonyl (C=O) groups is 1. The van der Waals surface area contributed by atoms with Gasteiger partial charge in [-0.1, -0.05) is 29.3 Å². The van der Waals surface area contributed by atoms with E-state index in [4.69, 9.17) is 11.6 Å². The Kier molecular flexibility index (Phi) is 5.48. The lowest BCUT2D eigenvalue weighted by atomic mass is 9.97. The molecule has 2 amide bonds. The van der Waals surface area contributed by atoms with Gasteiger partial charge in [0.25, 0.3) is 0 Å². The smallest absolute Gasteiger partial charge is 0.319 e. The molecule has 3 nitrogen and oxygen atoms in total. The van der Waals surface area contributed by atoms with E-state index in [1.54, 1.807) is 6.07 Å². The Balaban J connectivity index is 1.74. The van der Waals surface area contributed by atoms with Gasteiger partial charge >= 0.3 is 6.03 Å². The van der Waals surface area contributed by atoms with Crippen LogP contribution in [0.1, 0.15) is 37.7 Å². The average Bonchev–Trinajstić information content (AvgIpc) is 2.44. The predicted octanol–water partition coefficient (Wildman–Crippen LogP) is 4.66. The van der Waals surface area contributed by atoms with E-state index in [9.17, 15) is 4.79 Å². The molecular formula is C16H21ClN2O. The highest BCUT2D eigenvalue weighted by atomic mass is 35.5. The topological polar surface area (TPSA) is 41.1 Å². The maximum absolute atomic E-state index is 11.8. The van der Waals surface area contributed by atoms with Crippen LogP contribution in [0.4, 0.5) is 10.5 Å². The highest BCUT2D eigenvalue weighted by Crippen LogP contribution is 2.20. The first-order valence-corrected chi connectivity index (χ1v) is 7.52. The number of allylic oxidation sites excluding steroid dienone is 1. The van der Waals surface area contributed by atoms with E-state index in [0.29, 0.717) is 11.6 Å². The molecule has 0 saturated carbocycles. The summed E-state index contributed by atoms with van der Waals surface area (Å²) in [6, 6.07) is 5.33. The lowest BCUT2D eigenvalue weighted by Gasteiger charge is -2.13. The second kappa shape index (κ2) is 7.34. The lowest BCUT2D eigenvalue weighted by Crippen LogP contribution is -2.29. The molecule has 0 saturated heterocycles. The van der Waals surface area contributed by atoms with Crippen LogP contribution in [0.3, 0.4) is 0 Å². The van der Waals surface area contributed by atoms with Crippen LogP contribution < -0.4 is 10.6 Å². The highest BCUT2D eigenvalue weighted by molar-refractivity contribution is 6.31. The fourth-order valence-corrected chi connectivity index (χ4v) is 2.49. The summed E-state index contributed by atoms with van der Waals surface area (Å²) in [5.74, 6) is 0. The molecule has 1 aliphatic carbocycles. The Bertz CT molecular complexity index is 511. The third-order valence-electron chi connectivity index (χ3n) is 3.55. The molecule has 1 aromatic carbocycles. The van der Waals surface area contributed by atoms with Crippen molar-refractivity contribution in [1.29, 1.82) is 0 Å². The van der Waals surface area contributed by atoms with Gasteiger partial charge in [-0.15, -0.1) is 0 Å². The van der Waals surface area contributed by atoms with Crippen LogP contribution >= 0.6 is 11.6 Å². The van der Waals surface area contributed by atoms with Crippen molar-refractivity contribution in [1.82, 2.24) is 5.32 Å². The summed E-state index contributed by atoms with van der Waals surface area (Å²) in [4.78, 5) is 11.8. The lowest BCUT2D eigenvalue weighted by molar-refractivity contribution is 0.252. The van der Waals surface area contributed by atoms with Gasteiger partial charge < -0.3 is 10.6 Å². The van der Waals surface area contributed by atoms with Gasteiger partial charge in [-0.2, -0.15) is 0 Å². The Hall–Kier alpha value is -1.48. The molecule has 2 N–H and O–H groups in total. The number of carbonyl (C=O) groups excluding carboxylic acids is 1. The number of benzene rings is 1. The minimum absolute atomic E-state index is 0.179. The average molecular weight is 293 g/mol. The van der Waals surface area contributed by atoms with Crippen LogP contribution in [0.25, 0.3) is 0 Å². The van der Waals surface area contributed by atoms with E-state index in [0.717, 1.165) is 17.7 Å². The Morgan fingerprint density at radius 1 is 1.35 bits per heavy atom. The van der Waals surface area contributed by atoms with Gasteiger partial charge in [0.05, 0.1) is 0 Å². The first kappa shape index (κ1) is 14.9. The molecule has 1 aliphatic rings. The standard InChI is InChI=1S/C16H21ClN2O/c1-12-7-8-14(11-15(12)17)19-16(20)18-10-9-13-5-3-2-4-6-13/h5,7-8,11H,2-4,6,9-10H2,1H3,(H2,18,19,20). The van der Waals surface area contributed by atoms with Crippen molar-refractivity contribution in [3.63, 3.8) is 0 Å². The third kappa shape index (κ3) is 4.57. The van der Waals surface area contributed by atoms with Crippen LogP contribution in [0.15, 0.2) is 29.8 Å². The van der Waals surface area contributed by atoms with E-state index in [-0.39, 0.29) is 6.03 Å². The summed E-state index contributed by atoms with van der Waals surface area (Å²) in [5, 5.41) is 6.33. The second-order valence-electron chi connectivity index (χ2n) is 5.20. The van der Waals surface area contributed by atoms with Crippen molar-refractivity contribution in [2.45, 2.75) is 39.0 Å². The monoisotopic (exact) mass is 292 g/mol. The highest BCUT2D eigenvalue weighted by Gasteiger charge is 2.06. The number of hydrogen-bond donors (Lipinski definition) is 2. The molecule has 20 heavy (non-hydrogen) atoms. The molecule has 0 aromatic heterocycles. The largest absolute Gasteiger partial charge is 0.338 e. The summed E-state index contributed by atoms with van der Waals surface area (Å²) in [6.45, 7) is 2.61. The summed E-state index contributed by atoms with van der Waals surface area (Å²) in [7, 11) is 0. The number of hydrogen-bond acceptors (Lipinski definition) is 1. The normalized spacial score (nSPS) is 14.6. The molecule has 0 bridgehead atoms. The van der Waals surface area contributed by atoms with Crippen LogP contribution in [0, 0.1) is 6.92 Å². The van der Waals surface area contributed by atoms with E-state index < -0.39 is 0 Å². The predicted molar refractivity (Wildman–Crippen MR) is 84.4 cm³/mol. The third-order valence-corrected chi connectivity index (χ3v) is 3.95. The van der Waals surface area contributed by atoms with E-state index in [1.165, 1.54) is 31.3 Å².